The predicted octanol–water partition coefficient (Wildman–Crippen LogP) is 3.56. The van der Waals surface area contributed by atoms with Gasteiger partial charge in [0.15, 0.2) is 11.5 Å². The Morgan fingerprint density at radius 1 is 1.17 bits per heavy atom. The largest absolute Gasteiger partial charge is 0.508 e. The highest BCUT2D eigenvalue weighted by molar-refractivity contribution is 6.32. The van der Waals surface area contributed by atoms with Crippen LogP contribution in [0.25, 0.3) is 0 Å². The Hall–Kier alpha value is -2.40. The minimum atomic E-state index is -0.478. The quantitative estimate of drug-likeness (QED) is 0.869. The third-order valence-corrected chi connectivity index (χ3v) is 3.62. The fraction of sp³-hybridized carbons (Fsp3) is 0.235. The number of esters is 1. The van der Waals surface area contributed by atoms with E-state index in [9.17, 15) is 9.90 Å². The average Bonchev–Trinajstić information content (AvgIpc) is 2.79. The summed E-state index contributed by atoms with van der Waals surface area (Å²) in [6.07, 6.45) is 0.788. The molecule has 0 unspecified atom stereocenters. The number of carbonyl (C=O) groups excluding carboxylic acids is 1. The third-order valence-electron chi connectivity index (χ3n) is 3.33. The monoisotopic (exact) mass is 334 g/mol. The normalized spacial score (nSPS) is 13.3. The number of rotatable bonds is 3. The summed E-state index contributed by atoms with van der Waals surface area (Å²) in [5.74, 6) is 0.702. The number of halogens is 1. The Morgan fingerprint density at radius 2 is 1.91 bits per heavy atom. The summed E-state index contributed by atoms with van der Waals surface area (Å²) < 4.78 is 16.4. The number of carbonyl (C=O) groups is 1. The van der Waals surface area contributed by atoms with Crippen molar-refractivity contribution < 1.29 is 24.1 Å². The van der Waals surface area contributed by atoms with Crippen LogP contribution < -0.4 is 9.47 Å². The molecule has 23 heavy (non-hydrogen) atoms. The summed E-state index contributed by atoms with van der Waals surface area (Å²) in [5, 5.41) is 9.65. The van der Waals surface area contributed by atoms with Crippen molar-refractivity contribution in [2.45, 2.75) is 13.0 Å². The Bertz CT molecular complexity index is 712. The number of ether oxygens (including phenoxy) is 3. The van der Waals surface area contributed by atoms with Crippen molar-refractivity contribution in [2.24, 2.45) is 0 Å². The number of phenols is 1. The average molecular weight is 335 g/mol. The molecule has 0 saturated heterocycles. The molecule has 0 radical (unpaired) electrons. The number of benzene rings is 2. The van der Waals surface area contributed by atoms with Gasteiger partial charge in [0.25, 0.3) is 0 Å². The first-order valence-corrected chi connectivity index (χ1v) is 7.55. The van der Waals surface area contributed by atoms with E-state index in [2.05, 4.69) is 0 Å². The highest BCUT2D eigenvalue weighted by Crippen LogP contribution is 2.38. The lowest BCUT2D eigenvalue weighted by atomic mass is 10.2. The van der Waals surface area contributed by atoms with Crippen molar-refractivity contribution >= 4 is 17.6 Å². The maximum Gasteiger partial charge on any atom is 0.338 e. The van der Waals surface area contributed by atoms with Gasteiger partial charge in [0, 0.05) is 6.42 Å². The molecule has 2 aromatic carbocycles. The lowest BCUT2D eigenvalue weighted by Gasteiger charge is -2.12. The van der Waals surface area contributed by atoms with Crippen molar-refractivity contribution in [3.8, 4) is 17.2 Å². The van der Waals surface area contributed by atoms with Gasteiger partial charge in [0.1, 0.15) is 12.4 Å². The molecule has 0 saturated carbocycles. The molecule has 0 spiro atoms. The fourth-order valence-corrected chi connectivity index (χ4v) is 2.49. The number of fused-ring (bicyclic) bond motifs is 1. The second-order valence-electron chi connectivity index (χ2n) is 5.08. The molecule has 120 valence electrons. The van der Waals surface area contributed by atoms with E-state index in [4.69, 9.17) is 25.8 Å². The predicted molar refractivity (Wildman–Crippen MR) is 84.3 cm³/mol. The van der Waals surface area contributed by atoms with Crippen LogP contribution in [0.15, 0.2) is 36.4 Å². The molecule has 2 aromatic rings. The molecule has 3 rings (SSSR count). The van der Waals surface area contributed by atoms with Crippen LogP contribution in [0.1, 0.15) is 22.3 Å². The highest BCUT2D eigenvalue weighted by Gasteiger charge is 2.16. The van der Waals surface area contributed by atoms with Crippen molar-refractivity contribution in [1.29, 1.82) is 0 Å². The maximum atomic E-state index is 12.0. The summed E-state index contributed by atoms with van der Waals surface area (Å²) in [5.41, 5.74) is 1.08. The minimum Gasteiger partial charge on any atom is -0.508 e. The van der Waals surface area contributed by atoms with Crippen LogP contribution in [0.2, 0.25) is 5.02 Å². The first-order chi connectivity index (χ1) is 11.1. The van der Waals surface area contributed by atoms with Crippen LogP contribution in [0.4, 0.5) is 0 Å². The molecule has 0 aliphatic carbocycles. The van der Waals surface area contributed by atoms with E-state index in [0.717, 1.165) is 6.42 Å². The molecule has 1 aliphatic heterocycles. The van der Waals surface area contributed by atoms with E-state index in [0.29, 0.717) is 40.9 Å². The molecule has 1 aliphatic rings. The van der Waals surface area contributed by atoms with Gasteiger partial charge in [0.05, 0.1) is 23.8 Å². The number of hydrogen-bond acceptors (Lipinski definition) is 5. The topological polar surface area (TPSA) is 65.0 Å². The Kier molecular flexibility index (Phi) is 4.57. The molecule has 0 bridgehead atoms. The number of hydrogen-bond donors (Lipinski definition) is 1. The second-order valence-corrected chi connectivity index (χ2v) is 5.49. The smallest absolute Gasteiger partial charge is 0.338 e. The molecule has 1 heterocycles. The number of aromatic hydroxyl groups is 1. The Balaban J connectivity index is 1.71. The Morgan fingerprint density at radius 3 is 2.70 bits per heavy atom. The molecular formula is C17H15ClO5. The molecule has 6 heteroatoms. The van der Waals surface area contributed by atoms with Crippen molar-refractivity contribution in [1.82, 2.24) is 0 Å². The molecule has 0 atom stereocenters. The van der Waals surface area contributed by atoms with Gasteiger partial charge in [-0.2, -0.15) is 0 Å². The molecule has 1 N–H and O–H groups in total. The van der Waals surface area contributed by atoms with Crippen LogP contribution >= 0.6 is 11.6 Å². The lowest BCUT2D eigenvalue weighted by molar-refractivity contribution is 0.0472. The van der Waals surface area contributed by atoms with Gasteiger partial charge in [-0.25, -0.2) is 4.79 Å². The van der Waals surface area contributed by atoms with E-state index in [1.807, 2.05) is 0 Å². The molecule has 0 aromatic heterocycles. The van der Waals surface area contributed by atoms with Crippen LogP contribution in [0.5, 0.6) is 17.2 Å². The highest BCUT2D eigenvalue weighted by atomic mass is 35.5. The van der Waals surface area contributed by atoms with Gasteiger partial charge in [-0.1, -0.05) is 11.6 Å². The molecule has 0 amide bonds. The maximum absolute atomic E-state index is 12.0. The van der Waals surface area contributed by atoms with Crippen molar-refractivity contribution in [3.63, 3.8) is 0 Å². The molecule has 0 fully saturated rings. The second kappa shape index (κ2) is 6.79. The summed E-state index contributed by atoms with van der Waals surface area (Å²) in [7, 11) is 0. The first-order valence-electron chi connectivity index (χ1n) is 7.17. The standard InChI is InChI=1S/C17H15ClO5/c18-14-8-11(9-15-16(14)22-7-1-6-21-15)10-23-17(20)12-2-4-13(19)5-3-12/h2-5,8-9,19H,1,6-7,10H2. The van der Waals surface area contributed by atoms with Crippen LogP contribution in [-0.4, -0.2) is 24.3 Å². The van der Waals surface area contributed by atoms with Gasteiger partial charge in [-0.15, -0.1) is 0 Å². The van der Waals surface area contributed by atoms with E-state index in [1.54, 1.807) is 12.1 Å². The van der Waals surface area contributed by atoms with Crippen molar-refractivity contribution in [3.05, 3.63) is 52.5 Å². The third kappa shape index (κ3) is 3.68. The van der Waals surface area contributed by atoms with Gasteiger partial charge in [0.2, 0.25) is 0 Å². The first kappa shape index (κ1) is 15.5. The summed E-state index contributed by atoms with van der Waals surface area (Å²) in [6, 6.07) is 9.31. The van der Waals surface area contributed by atoms with E-state index in [1.165, 1.54) is 24.3 Å². The lowest BCUT2D eigenvalue weighted by Crippen LogP contribution is -2.05. The summed E-state index contributed by atoms with van der Waals surface area (Å²) in [4.78, 5) is 12.0. The van der Waals surface area contributed by atoms with E-state index < -0.39 is 5.97 Å². The number of phenolic OH excluding ortho intramolecular Hbond substituents is 1. The minimum absolute atomic E-state index is 0.0655. The van der Waals surface area contributed by atoms with Gasteiger partial charge in [-0.05, 0) is 42.0 Å². The van der Waals surface area contributed by atoms with E-state index in [-0.39, 0.29) is 12.4 Å². The van der Waals surface area contributed by atoms with Gasteiger partial charge < -0.3 is 19.3 Å². The van der Waals surface area contributed by atoms with Gasteiger partial charge in [-0.3, -0.25) is 0 Å². The van der Waals surface area contributed by atoms with Crippen molar-refractivity contribution in [2.75, 3.05) is 13.2 Å². The van der Waals surface area contributed by atoms with Gasteiger partial charge >= 0.3 is 5.97 Å². The zero-order chi connectivity index (χ0) is 16.2. The van der Waals surface area contributed by atoms with Crippen LogP contribution in [0, 0.1) is 0 Å². The summed E-state index contributed by atoms with van der Waals surface area (Å²) >= 11 is 6.20. The Labute approximate surface area is 138 Å². The zero-order valence-corrected chi connectivity index (χ0v) is 13.0. The van der Waals surface area contributed by atoms with Crippen LogP contribution in [-0.2, 0) is 11.3 Å². The molecule has 5 nitrogen and oxygen atoms in total. The van der Waals surface area contributed by atoms with E-state index >= 15 is 0 Å². The van der Waals surface area contributed by atoms with Crippen LogP contribution in [0.3, 0.4) is 0 Å². The molecular weight excluding hydrogens is 320 g/mol. The zero-order valence-electron chi connectivity index (χ0n) is 12.3. The summed E-state index contributed by atoms with van der Waals surface area (Å²) in [6.45, 7) is 1.18. The SMILES string of the molecule is O=C(OCc1cc(Cl)c2c(c1)OCCCO2)c1ccc(O)cc1. The fourth-order valence-electron chi connectivity index (χ4n) is 2.20.